The van der Waals surface area contributed by atoms with E-state index in [1.807, 2.05) is 6.07 Å². The molecule has 2 amide bonds. The van der Waals surface area contributed by atoms with Gasteiger partial charge >= 0.3 is 11.8 Å². The lowest BCUT2D eigenvalue weighted by Gasteiger charge is -2.07. The van der Waals surface area contributed by atoms with E-state index in [9.17, 15) is 19.5 Å². The highest BCUT2D eigenvalue weighted by atomic mass is 79.9. The molecule has 0 bridgehead atoms. The molecule has 7 nitrogen and oxygen atoms in total. The van der Waals surface area contributed by atoms with Crippen molar-refractivity contribution in [3.63, 3.8) is 0 Å². The summed E-state index contributed by atoms with van der Waals surface area (Å²) in [7, 11) is 0. The van der Waals surface area contributed by atoms with Gasteiger partial charge in [0.25, 0.3) is 0 Å². The minimum absolute atomic E-state index is 0.110. The molecule has 0 radical (unpaired) electrons. The Morgan fingerprint density at radius 1 is 1.04 bits per heavy atom. The van der Waals surface area contributed by atoms with Gasteiger partial charge in [0, 0.05) is 10.2 Å². The van der Waals surface area contributed by atoms with Gasteiger partial charge in [0.15, 0.2) is 0 Å². The molecular formula is C16H11BrN3O4-. The SMILES string of the molecule is O=C(N/N=C\c1cccc(Br)c1)C(=O)Nc1cccc(C(=O)[O-])c1. The van der Waals surface area contributed by atoms with Gasteiger partial charge < -0.3 is 15.2 Å². The summed E-state index contributed by atoms with van der Waals surface area (Å²) in [4.78, 5) is 34.1. The van der Waals surface area contributed by atoms with Crippen LogP contribution < -0.4 is 15.8 Å². The molecule has 0 fully saturated rings. The maximum Gasteiger partial charge on any atom is 0.329 e. The van der Waals surface area contributed by atoms with E-state index < -0.39 is 17.8 Å². The topological polar surface area (TPSA) is 111 Å². The highest BCUT2D eigenvalue weighted by molar-refractivity contribution is 9.10. The van der Waals surface area contributed by atoms with Crippen LogP contribution in [0.3, 0.4) is 0 Å². The van der Waals surface area contributed by atoms with Gasteiger partial charge in [-0.05, 0) is 35.4 Å². The number of nitrogens with zero attached hydrogens (tertiary/aromatic N) is 1. The van der Waals surface area contributed by atoms with Crippen molar-refractivity contribution in [3.05, 3.63) is 64.1 Å². The highest BCUT2D eigenvalue weighted by Crippen LogP contribution is 2.10. The summed E-state index contributed by atoms with van der Waals surface area (Å²) in [6.45, 7) is 0. The predicted molar refractivity (Wildman–Crippen MR) is 89.3 cm³/mol. The Balaban J connectivity index is 1.94. The van der Waals surface area contributed by atoms with Crippen LogP contribution in [0.15, 0.2) is 58.1 Å². The average Bonchev–Trinajstić information content (AvgIpc) is 2.55. The van der Waals surface area contributed by atoms with Gasteiger partial charge in [0.2, 0.25) is 0 Å². The number of halogens is 1. The summed E-state index contributed by atoms with van der Waals surface area (Å²) >= 11 is 3.30. The Kier molecular flexibility index (Phi) is 5.80. The number of carboxylic acids is 1. The maximum atomic E-state index is 11.7. The van der Waals surface area contributed by atoms with E-state index in [1.54, 1.807) is 18.2 Å². The Morgan fingerprint density at radius 3 is 2.50 bits per heavy atom. The number of hydrogen-bond donors (Lipinski definition) is 2. The molecule has 0 saturated heterocycles. The molecule has 0 saturated carbocycles. The van der Waals surface area contributed by atoms with Gasteiger partial charge in [0.1, 0.15) is 0 Å². The predicted octanol–water partition coefficient (Wildman–Crippen LogP) is 0.901. The molecule has 2 aromatic carbocycles. The Labute approximate surface area is 145 Å². The van der Waals surface area contributed by atoms with Crippen LogP contribution in [0, 0.1) is 0 Å². The molecule has 0 spiro atoms. The van der Waals surface area contributed by atoms with E-state index in [4.69, 9.17) is 0 Å². The number of anilines is 1. The second-order valence-electron chi connectivity index (χ2n) is 4.58. The van der Waals surface area contributed by atoms with Crippen molar-refractivity contribution in [2.45, 2.75) is 0 Å². The van der Waals surface area contributed by atoms with Crippen molar-refractivity contribution < 1.29 is 19.5 Å². The van der Waals surface area contributed by atoms with Crippen molar-refractivity contribution in [3.8, 4) is 0 Å². The molecule has 0 atom stereocenters. The Morgan fingerprint density at radius 2 is 1.79 bits per heavy atom. The molecule has 2 rings (SSSR count). The van der Waals surface area contributed by atoms with E-state index in [0.717, 1.165) is 10.0 Å². The standard InChI is InChI=1S/C16H12BrN3O4/c17-12-5-1-3-10(7-12)9-18-20-15(22)14(21)19-13-6-2-4-11(8-13)16(23)24/h1-9H,(H,19,21)(H,20,22)(H,23,24)/p-1/b18-9-. The fraction of sp³-hybridized carbons (Fsp3) is 0. The van der Waals surface area contributed by atoms with Crippen LogP contribution in [-0.2, 0) is 9.59 Å². The van der Waals surface area contributed by atoms with Crippen LogP contribution in [0.25, 0.3) is 0 Å². The highest BCUT2D eigenvalue weighted by Gasteiger charge is 2.13. The van der Waals surface area contributed by atoms with Gasteiger partial charge in [-0.15, -0.1) is 0 Å². The van der Waals surface area contributed by atoms with Crippen LogP contribution in [0.5, 0.6) is 0 Å². The molecule has 2 aromatic rings. The zero-order chi connectivity index (χ0) is 17.5. The molecule has 0 aliphatic heterocycles. The fourth-order valence-electron chi connectivity index (χ4n) is 1.71. The zero-order valence-corrected chi connectivity index (χ0v) is 13.7. The molecule has 0 unspecified atom stereocenters. The minimum Gasteiger partial charge on any atom is -0.545 e. The van der Waals surface area contributed by atoms with Gasteiger partial charge in [-0.3, -0.25) is 9.59 Å². The number of carboxylic acid groups (broad SMARTS) is 1. The van der Waals surface area contributed by atoms with E-state index in [0.29, 0.717) is 0 Å². The first kappa shape index (κ1) is 17.4. The molecule has 0 aliphatic carbocycles. The lowest BCUT2D eigenvalue weighted by Crippen LogP contribution is -2.32. The first-order chi connectivity index (χ1) is 11.5. The number of hydrazone groups is 1. The minimum atomic E-state index is -1.38. The number of carbonyl (C=O) groups is 3. The number of aromatic carboxylic acids is 1. The van der Waals surface area contributed by atoms with E-state index >= 15 is 0 Å². The molecule has 122 valence electrons. The quantitative estimate of drug-likeness (QED) is 0.460. The van der Waals surface area contributed by atoms with E-state index in [2.05, 4.69) is 31.8 Å². The molecule has 0 aliphatic rings. The van der Waals surface area contributed by atoms with Gasteiger partial charge in [-0.2, -0.15) is 5.10 Å². The second-order valence-corrected chi connectivity index (χ2v) is 5.49. The zero-order valence-electron chi connectivity index (χ0n) is 12.2. The summed E-state index contributed by atoms with van der Waals surface area (Å²) in [5.41, 5.74) is 2.86. The summed E-state index contributed by atoms with van der Waals surface area (Å²) in [5.74, 6) is -3.34. The van der Waals surface area contributed by atoms with Gasteiger partial charge in [0.05, 0.1) is 12.2 Å². The molecule has 0 aromatic heterocycles. The van der Waals surface area contributed by atoms with Crippen LogP contribution in [0.1, 0.15) is 15.9 Å². The largest absolute Gasteiger partial charge is 0.545 e. The third-order valence-electron chi connectivity index (χ3n) is 2.79. The Hall–Kier alpha value is -3.00. The number of hydrogen-bond acceptors (Lipinski definition) is 5. The second kappa shape index (κ2) is 8.02. The van der Waals surface area contributed by atoms with Crippen molar-refractivity contribution in [2.24, 2.45) is 5.10 Å². The van der Waals surface area contributed by atoms with Crippen LogP contribution >= 0.6 is 15.9 Å². The van der Waals surface area contributed by atoms with Crippen LogP contribution in [0.2, 0.25) is 0 Å². The van der Waals surface area contributed by atoms with Gasteiger partial charge in [-0.1, -0.05) is 40.2 Å². The number of rotatable bonds is 4. The van der Waals surface area contributed by atoms with Crippen LogP contribution in [-0.4, -0.2) is 24.0 Å². The lowest BCUT2D eigenvalue weighted by molar-refractivity contribution is -0.255. The summed E-state index contributed by atoms with van der Waals surface area (Å²) in [5, 5.41) is 16.7. The Bertz CT molecular complexity index is 820. The molecule has 8 heteroatoms. The smallest absolute Gasteiger partial charge is 0.329 e. The normalized spacial score (nSPS) is 10.4. The van der Waals surface area contributed by atoms with E-state index in [-0.39, 0.29) is 11.3 Å². The lowest BCUT2D eigenvalue weighted by atomic mass is 10.2. The molecule has 24 heavy (non-hydrogen) atoms. The first-order valence-electron chi connectivity index (χ1n) is 6.67. The van der Waals surface area contributed by atoms with Crippen molar-refractivity contribution >= 4 is 45.6 Å². The summed E-state index contributed by atoms with van der Waals surface area (Å²) in [6.07, 6.45) is 1.38. The maximum absolute atomic E-state index is 11.7. The van der Waals surface area contributed by atoms with Crippen molar-refractivity contribution in [1.82, 2.24) is 5.43 Å². The van der Waals surface area contributed by atoms with Crippen LogP contribution in [0.4, 0.5) is 5.69 Å². The molecule has 2 N–H and O–H groups in total. The summed E-state index contributed by atoms with van der Waals surface area (Å²) < 4.78 is 0.850. The molecular weight excluding hydrogens is 378 g/mol. The molecule has 0 heterocycles. The monoisotopic (exact) mass is 388 g/mol. The number of benzene rings is 2. The van der Waals surface area contributed by atoms with Gasteiger partial charge in [-0.25, -0.2) is 5.43 Å². The third-order valence-corrected chi connectivity index (χ3v) is 3.28. The number of amides is 2. The number of carbonyl (C=O) groups excluding carboxylic acids is 3. The van der Waals surface area contributed by atoms with Crippen molar-refractivity contribution in [1.29, 1.82) is 0 Å². The summed E-state index contributed by atoms with van der Waals surface area (Å²) in [6, 6.07) is 12.5. The van der Waals surface area contributed by atoms with Crippen molar-refractivity contribution in [2.75, 3.05) is 5.32 Å². The third kappa shape index (κ3) is 5.03. The van der Waals surface area contributed by atoms with E-state index in [1.165, 1.54) is 30.5 Å². The average molecular weight is 389 g/mol. The number of nitrogens with one attached hydrogen (secondary N) is 2. The fourth-order valence-corrected chi connectivity index (χ4v) is 2.13. The first-order valence-corrected chi connectivity index (χ1v) is 7.46.